The highest BCUT2D eigenvalue weighted by molar-refractivity contribution is 6.27. The smallest absolute Gasteiger partial charge is 0.415 e. The van der Waals surface area contributed by atoms with Crippen LogP contribution < -0.4 is 9.57 Å². The second kappa shape index (κ2) is 5.98. The number of nitrogens with zero attached hydrogens (tertiary/aromatic N) is 5. The Morgan fingerprint density at radius 1 is 0.931 bits per heavy atom. The topological polar surface area (TPSA) is 81.4 Å². The molecule has 1 saturated heterocycles. The Kier molecular flexibility index (Phi) is 3.53. The third kappa shape index (κ3) is 2.36. The second-order valence-corrected chi connectivity index (χ2v) is 7.05. The number of fused-ring (bicyclic) bond motifs is 3. The van der Waals surface area contributed by atoms with Gasteiger partial charge in [-0.3, -0.25) is 9.69 Å². The predicted molar refractivity (Wildman–Crippen MR) is 109 cm³/mol. The molecule has 3 heterocycles. The van der Waals surface area contributed by atoms with Crippen molar-refractivity contribution in [2.75, 3.05) is 19.0 Å². The largest absolute Gasteiger partial charge is 0.508 e. The Morgan fingerprint density at radius 2 is 1.62 bits per heavy atom. The molecule has 0 bridgehead atoms. The standard InChI is InChI=1S/C21H17N5O3/c1-23-18-17(19(28)24(2)21(23)29)25-12-16(13-6-4-3-5-7-13)26(20(25)22-18)14-8-10-15(27)11-9-14/h3-12,17H,1-2H3/p+1. The quantitative estimate of drug-likeness (QED) is 0.783. The van der Waals surface area contributed by atoms with E-state index in [0.29, 0.717) is 11.8 Å². The number of amidine groups is 1. The first-order chi connectivity index (χ1) is 14.0. The van der Waals surface area contributed by atoms with Gasteiger partial charge < -0.3 is 5.11 Å². The van der Waals surface area contributed by atoms with Crippen molar-refractivity contribution in [2.45, 2.75) is 6.04 Å². The second-order valence-electron chi connectivity index (χ2n) is 7.05. The van der Waals surface area contributed by atoms with Crippen LogP contribution in [0.1, 0.15) is 5.56 Å². The first-order valence-electron chi connectivity index (χ1n) is 9.13. The lowest BCUT2D eigenvalue weighted by Crippen LogP contribution is -2.62. The number of rotatable bonds is 2. The molecule has 0 radical (unpaired) electrons. The number of aromatic hydroxyl groups is 1. The van der Waals surface area contributed by atoms with Crippen LogP contribution in [0.5, 0.6) is 5.75 Å². The van der Waals surface area contributed by atoms with Gasteiger partial charge in [-0.05, 0) is 24.3 Å². The minimum atomic E-state index is -0.696. The highest BCUT2D eigenvalue weighted by atomic mass is 16.3. The molecule has 0 aromatic heterocycles. The van der Waals surface area contributed by atoms with E-state index >= 15 is 0 Å². The maximum Gasteiger partial charge on any atom is 0.415 e. The molecule has 29 heavy (non-hydrogen) atoms. The van der Waals surface area contributed by atoms with Gasteiger partial charge in [0.2, 0.25) is 6.04 Å². The summed E-state index contributed by atoms with van der Waals surface area (Å²) >= 11 is 0. The average Bonchev–Trinajstić information content (AvgIpc) is 3.28. The Labute approximate surface area is 166 Å². The van der Waals surface area contributed by atoms with Crippen LogP contribution in [-0.2, 0) is 4.79 Å². The van der Waals surface area contributed by atoms with E-state index < -0.39 is 12.1 Å². The van der Waals surface area contributed by atoms with Crippen LogP contribution >= 0.6 is 0 Å². The van der Waals surface area contributed by atoms with Crippen molar-refractivity contribution in [3.05, 3.63) is 66.4 Å². The Bertz CT molecular complexity index is 1130. The lowest BCUT2D eigenvalue weighted by atomic mass is 10.1. The summed E-state index contributed by atoms with van der Waals surface area (Å²) in [5.41, 5.74) is 2.59. The zero-order valence-electron chi connectivity index (χ0n) is 15.9. The van der Waals surface area contributed by atoms with E-state index in [1.807, 2.05) is 41.4 Å². The summed E-state index contributed by atoms with van der Waals surface area (Å²) in [6.07, 6.45) is 1.88. The van der Waals surface area contributed by atoms with Crippen LogP contribution in [0.2, 0.25) is 0 Å². The summed E-state index contributed by atoms with van der Waals surface area (Å²) in [4.78, 5) is 31.5. The van der Waals surface area contributed by atoms with E-state index in [2.05, 4.69) is 4.67 Å². The molecular formula is C21H18N5O3+. The van der Waals surface area contributed by atoms with Crippen LogP contribution in [0.15, 0.2) is 60.8 Å². The molecule has 3 aliphatic rings. The number of carbonyl (C=O) groups is 2. The lowest BCUT2D eigenvalue weighted by molar-refractivity contribution is -0.130. The molecule has 5 rings (SSSR count). The molecular weight excluding hydrogens is 370 g/mol. The van der Waals surface area contributed by atoms with Crippen molar-refractivity contribution in [2.24, 2.45) is 0 Å². The van der Waals surface area contributed by atoms with E-state index in [4.69, 9.17) is 0 Å². The van der Waals surface area contributed by atoms with Gasteiger partial charge in [-0.25, -0.2) is 24.2 Å². The Hall–Kier alpha value is -4.03. The van der Waals surface area contributed by atoms with E-state index in [9.17, 15) is 14.7 Å². The number of urea groups is 1. The summed E-state index contributed by atoms with van der Waals surface area (Å²) in [5.74, 6) is 0.782. The van der Waals surface area contributed by atoms with Gasteiger partial charge in [0, 0.05) is 12.6 Å². The number of amides is 3. The molecule has 8 heteroatoms. The van der Waals surface area contributed by atoms with Crippen LogP contribution in [0.4, 0.5) is 10.5 Å². The van der Waals surface area contributed by atoms with E-state index in [1.165, 1.54) is 11.9 Å². The first kappa shape index (κ1) is 17.1. The Balaban J connectivity index is 1.69. The highest BCUT2D eigenvalue weighted by Gasteiger charge is 2.58. The van der Waals surface area contributed by atoms with Gasteiger partial charge in [0.25, 0.3) is 5.91 Å². The molecule has 1 atom stereocenters. The number of phenols is 1. The molecule has 2 aromatic rings. The molecule has 1 N–H and O–H groups in total. The van der Waals surface area contributed by atoms with Crippen molar-refractivity contribution < 1.29 is 14.7 Å². The van der Waals surface area contributed by atoms with E-state index in [-0.39, 0.29) is 11.7 Å². The minimum Gasteiger partial charge on any atom is -0.508 e. The van der Waals surface area contributed by atoms with Crippen LogP contribution in [-0.4, -0.2) is 63.7 Å². The predicted octanol–water partition coefficient (Wildman–Crippen LogP) is 1.24. The van der Waals surface area contributed by atoms with Gasteiger partial charge in [0.15, 0.2) is 0 Å². The van der Waals surface area contributed by atoms with Crippen LogP contribution in [0, 0.1) is 0 Å². The summed E-state index contributed by atoms with van der Waals surface area (Å²) < 4.78 is 4.67. The van der Waals surface area contributed by atoms with Crippen molar-refractivity contribution >= 4 is 35.1 Å². The monoisotopic (exact) mass is 388 g/mol. The molecule has 3 aliphatic heterocycles. The van der Waals surface area contributed by atoms with Crippen molar-refractivity contribution in [1.82, 2.24) is 19.4 Å². The maximum atomic E-state index is 12.9. The van der Waals surface area contributed by atoms with Gasteiger partial charge in [0.05, 0.1) is 18.9 Å². The lowest BCUT2D eigenvalue weighted by Gasteiger charge is -2.30. The molecule has 0 spiro atoms. The van der Waals surface area contributed by atoms with Crippen LogP contribution in [0.3, 0.4) is 0 Å². The molecule has 2 aromatic carbocycles. The number of hydrogen-bond acceptors (Lipinski definition) is 5. The van der Waals surface area contributed by atoms with Crippen molar-refractivity contribution in [3.8, 4) is 5.75 Å². The number of anilines is 1. The molecule has 3 amide bonds. The fraction of sp³-hybridized carbons (Fsp3) is 0.143. The fourth-order valence-corrected chi connectivity index (χ4v) is 3.81. The van der Waals surface area contributed by atoms with Gasteiger partial charge in [0.1, 0.15) is 11.4 Å². The molecule has 144 valence electrons. The van der Waals surface area contributed by atoms with Crippen molar-refractivity contribution in [3.63, 3.8) is 0 Å². The number of imide groups is 1. The number of guanidine groups is 1. The molecule has 8 nitrogen and oxygen atoms in total. The van der Waals surface area contributed by atoms with Gasteiger partial charge in [-0.15, -0.1) is 0 Å². The summed E-state index contributed by atoms with van der Waals surface area (Å²) in [6, 6.07) is 15.5. The van der Waals surface area contributed by atoms with Gasteiger partial charge >= 0.3 is 17.8 Å². The number of benzene rings is 2. The van der Waals surface area contributed by atoms with E-state index in [1.54, 1.807) is 36.2 Å². The molecule has 0 aliphatic carbocycles. The van der Waals surface area contributed by atoms with Gasteiger partial charge in [-0.2, -0.15) is 0 Å². The number of carbonyl (C=O) groups excluding carboxylic acids is 2. The van der Waals surface area contributed by atoms with Crippen LogP contribution in [0.25, 0.3) is 5.70 Å². The third-order valence-corrected chi connectivity index (χ3v) is 5.33. The number of phenolic OH excluding ortho intramolecular Hbond substituents is 1. The normalized spacial score (nSPS) is 20.5. The Morgan fingerprint density at radius 3 is 2.31 bits per heavy atom. The van der Waals surface area contributed by atoms with Crippen molar-refractivity contribution in [1.29, 1.82) is 0 Å². The molecule has 0 saturated carbocycles. The highest BCUT2D eigenvalue weighted by Crippen LogP contribution is 2.36. The van der Waals surface area contributed by atoms with E-state index in [0.717, 1.165) is 21.8 Å². The van der Waals surface area contributed by atoms with Gasteiger partial charge in [-0.1, -0.05) is 30.3 Å². The minimum absolute atomic E-state index is 0.161. The fourth-order valence-electron chi connectivity index (χ4n) is 3.81. The third-order valence-electron chi connectivity index (χ3n) is 5.33. The SMILES string of the molecule is CN1C(=O)C2C(=[N+]=C3N(c4ccc(O)cc4)C(c4ccccc4)=CN32)N(C)C1=O. The zero-order valence-corrected chi connectivity index (χ0v) is 15.9. The number of likely N-dealkylation sites (N-methyl/N-ethyl adjacent to an activating group) is 2. The maximum absolute atomic E-state index is 12.9. The molecule has 1 unspecified atom stereocenters. The summed E-state index contributed by atoms with van der Waals surface area (Å²) in [5, 5.41) is 9.69. The average molecular weight is 388 g/mol. The number of hydrogen-bond donors (Lipinski definition) is 1. The summed E-state index contributed by atoms with van der Waals surface area (Å²) in [6.45, 7) is 0. The zero-order chi connectivity index (χ0) is 20.3. The molecule has 1 fully saturated rings. The first-order valence-corrected chi connectivity index (χ1v) is 9.13. The summed E-state index contributed by atoms with van der Waals surface area (Å²) in [7, 11) is 3.10.